The number of halogens is 1. The van der Waals surface area contributed by atoms with Crippen LogP contribution in [0, 0.1) is 0 Å². The van der Waals surface area contributed by atoms with E-state index in [0.29, 0.717) is 41.1 Å². The van der Waals surface area contributed by atoms with Crippen LogP contribution in [-0.2, 0) is 11.3 Å². The van der Waals surface area contributed by atoms with Gasteiger partial charge in [-0.2, -0.15) is 0 Å². The lowest BCUT2D eigenvalue weighted by atomic mass is 10.2. The van der Waals surface area contributed by atoms with Crippen molar-refractivity contribution in [3.8, 4) is 0 Å². The van der Waals surface area contributed by atoms with Gasteiger partial charge in [0.15, 0.2) is 22.4 Å². The molecule has 0 N–H and O–H groups in total. The van der Waals surface area contributed by atoms with Crippen LogP contribution < -0.4 is 0 Å². The molecular weight excluding hydrogens is 300 g/mol. The van der Waals surface area contributed by atoms with E-state index in [1.54, 1.807) is 0 Å². The van der Waals surface area contributed by atoms with Crippen LogP contribution in [0.25, 0.3) is 16.9 Å². The van der Waals surface area contributed by atoms with Crippen molar-refractivity contribution >= 4 is 28.5 Å². The Kier molecular flexibility index (Phi) is 4.06. The fraction of sp³-hybridized carbons (Fsp3) is 0.188. The van der Waals surface area contributed by atoms with Gasteiger partial charge >= 0.3 is 0 Å². The van der Waals surface area contributed by atoms with Crippen LogP contribution in [0.15, 0.2) is 43.2 Å². The zero-order valence-electron chi connectivity index (χ0n) is 12.2. The van der Waals surface area contributed by atoms with E-state index in [1.165, 1.54) is 6.33 Å². The zero-order chi connectivity index (χ0) is 15.5. The standard InChI is InChI=1S/C16H15ClN4O/c1-3-22-11(2)15-20-13-14(17)18-10-19-16(13)21(15)9-12-7-5-4-6-8-12/h4-8,10H,2-3,9H2,1H3. The predicted molar refractivity (Wildman–Crippen MR) is 86.5 cm³/mol. The molecule has 112 valence electrons. The molecule has 0 aliphatic heterocycles. The molecule has 22 heavy (non-hydrogen) atoms. The lowest BCUT2D eigenvalue weighted by Gasteiger charge is -2.10. The molecule has 6 heteroatoms. The van der Waals surface area contributed by atoms with Gasteiger partial charge in [0.2, 0.25) is 0 Å². The van der Waals surface area contributed by atoms with Gasteiger partial charge in [-0.3, -0.25) is 0 Å². The molecule has 0 aliphatic carbocycles. The van der Waals surface area contributed by atoms with Gasteiger partial charge < -0.3 is 9.30 Å². The maximum atomic E-state index is 6.13. The van der Waals surface area contributed by atoms with Crippen LogP contribution in [0.5, 0.6) is 0 Å². The Hall–Kier alpha value is -2.40. The summed E-state index contributed by atoms with van der Waals surface area (Å²) in [5, 5.41) is 0.322. The lowest BCUT2D eigenvalue weighted by Crippen LogP contribution is -2.06. The first kappa shape index (κ1) is 14.5. The maximum Gasteiger partial charge on any atom is 0.177 e. The zero-order valence-corrected chi connectivity index (χ0v) is 12.9. The average Bonchev–Trinajstić information content (AvgIpc) is 2.89. The van der Waals surface area contributed by atoms with Crippen molar-refractivity contribution in [2.24, 2.45) is 0 Å². The van der Waals surface area contributed by atoms with Gasteiger partial charge in [0.05, 0.1) is 13.2 Å². The number of aromatic nitrogens is 4. The summed E-state index contributed by atoms with van der Waals surface area (Å²) >= 11 is 6.13. The molecule has 0 fully saturated rings. The molecule has 2 aromatic heterocycles. The van der Waals surface area contributed by atoms with Crippen molar-refractivity contribution in [2.75, 3.05) is 6.61 Å². The summed E-state index contributed by atoms with van der Waals surface area (Å²) in [5.74, 6) is 1.11. The summed E-state index contributed by atoms with van der Waals surface area (Å²) in [6.45, 7) is 6.97. The monoisotopic (exact) mass is 314 g/mol. The minimum Gasteiger partial charge on any atom is -0.491 e. The third-order valence-electron chi connectivity index (χ3n) is 3.24. The minimum atomic E-state index is 0.322. The maximum absolute atomic E-state index is 6.13. The van der Waals surface area contributed by atoms with Crippen molar-refractivity contribution in [3.63, 3.8) is 0 Å². The van der Waals surface area contributed by atoms with E-state index in [9.17, 15) is 0 Å². The Balaban J connectivity index is 2.14. The first-order valence-electron chi connectivity index (χ1n) is 6.93. The third-order valence-corrected chi connectivity index (χ3v) is 3.52. The van der Waals surface area contributed by atoms with E-state index in [-0.39, 0.29) is 0 Å². The molecule has 0 saturated carbocycles. The molecule has 0 saturated heterocycles. The van der Waals surface area contributed by atoms with Gasteiger partial charge in [0.25, 0.3) is 0 Å². The Morgan fingerprint density at radius 1 is 1.27 bits per heavy atom. The molecule has 5 nitrogen and oxygen atoms in total. The molecule has 0 atom stereocenters. The summed E-state index contributed by atoms with van der Waals surface area (Å²) in [6.07, 6.45) is 1.43. The lowest BCUT2D eigenvalue weighted by molar-refractivity contribution is 0.295. The second-order valence-corrected chi connectivity index (χ2v) is 5.06. The van der Waals surface area contributed by atoms with Crippen molar-refractivity contribution < 1.29 is 4.74 Å². The highest BCUT2D eigenvalue weighted by atomic mass is 35.5. The van der Waals surface area contributed by atoms with Crippen molar-refractivity contribution in [2.45, 2.75) is 13.5 Å². The van der Waals surface area contributed by atoms with Crippen LogP contribution >= 0.6 is 11.6 Å². The number of fused-ring (bicyclic) bond motifs is 1. The molecule has 0 unspecified atom stereocenters. The number of hydrogen-bond acceptors (Lipinski definition) is 4. The number of ether oxygens (including phenoxy) is 1. The van der Waals surface area contributed by atoms with E-state index < -0.39 is 0 Å². The highest BCUT2D eigenvalue weighted by Crippen LogP contribution is 2.25. The number of imidazole rings is 1. The van der Waals surface area contributed by atoms with Gasteiger partial charge in [0.1, 0.15) is 11.8 Å². The molecule has 0 amide bonds. The van der Waals surface area contributed by atoms with Gasteiger partial charge in [-0.15, -0.1) is 0 Å². The number of rotatable bonds is 5. The van der Waals surface area contributed by atoms with E-state index in [2.05, 4.69) is 21.5 Å². The average molecular weight is 315 g/mol. The van der Waals surface area contributed by atoms with E-state index in [4.69, 9.17) is 16.3 Å². The van der Waals surface area contributed by atoms with Gasteiger partial charge in [-0.25, -0.2) is 15.0 Å². The molecule has 3 rings (SSSR count). The van der Waals surface area contributed by atoms with Crippen LogP contribution in [0.2, 0.25) is 5.15 Å². The molecule has 0 aliphatic rings. The van der Waals surface area contributed by atoms with E-state index in [1.807, 2.05) is 41.8 Å². The SMILES string of the molecule is C=C(OCC)c1nc2c(Cl)ncnc2n1Cc1ccccc1. The fourth-order valence-corrected chi connectivity index (χ4v) is 2.45. The summed E-state index contributed by atoms with van der Waals surface area (Å²) in [4.78, 5) is 12.8. The van der Waals surface area contributed by atoms with Gasteiger partial charge in [-0.1, -0.05) is 48.5 Å². The molecule has 3 aromatic rings. The topological polar surface area (TPSA) is 52.8 Å². The molecule has 1 aromatic carbocycles. The number of benzene rings is 1. The fourth-order valence-electron chi connectivity index (χ4n) is 2.28. The third kappa shape index (κ3) is 2.67. The summed E-state index contributed by atoms with van der Waals surface area (Å²) in [5.41, 5.74) is 2.35. The van der Waals surface area contributed by atoms with Crippen LogP contribution in [0.3, 0.4) is 0 Å². The minimum absolute atomic E-state index is 0.322. The van der Waals surface area contributed by atoms with Crippen LogP contribution in [-0.4, -0.2) is 26.1 Å². The van der Waals surface area contributed by atoms with Crippen LogP contribution in [0.1, 0.15) is 18.3 Å². The molecular formula is C16H15ClN4O. The second-order valence-electron chi connectivity index (χ2n) is 4.70. The highest BCUT2D eigenvalue weighted by Gasteiger charge is 2.18. The predicted octanol–water partition coefficient (Wildman–Crippen LogP) is 3.54. The van der Waals surface area contributed by atoms with Crippen molar-refractivity contribution in [1.82, 2.24) is 19.5 Å². The summed E-state index contributed by atoms with van der Waals surface area (Å²) in [7, 11) is 0. The van der Waals surface area contributed by atoms with Gasteiger partial charge in [0, 0.05) is 0 Å². The quantitative estimate of drug-likeness (QED) is 0.534. The van der Waals surface area contributed by atoms with Crippen molar-refractivity contribution in [1.29, 1.82) is 0 Å². The Bertz CT molecular complexity index is 814. The smallest absolute Gasteiger partial charge is 0.177 e. The Labute approximate surface area is 133 Å². The number of hydrogen-bond donors (Lipinski definition) is 0. The Morgan fingerprint density at radius 3 is 2.77 bits per heavy atom. The molecule has 0 radical (unpaired) electrons. The second kappa shape index (κ2) is 6.15. The summed E-state index contributed by atoms with van der Waals surface area (Å²) < 4.78 is 7.45. The first-order valence-corrected chi connectivity index (χ1v) is 7.31. The Morgan fingerprint density at radius 2 is 2.05 bits per heavy atom. The molecule has 0 bridgehead atoms. The van der Waals surface area contributed by atoms with Crippen molar-refractivity contribution in [3.05, 3.63) is 59.8 Å². The largest absolute Gasteiger partial charge is 0.491 e. The van der Waals surface area contributed by atoms with Crippen LogP contribution in [0.4, 0.5) is 0 Å². The first-order chi connectivity index (χ1) is 10.7. The molecule has 0 spiro atoms. The van der Waals surface area contributed by atoms with Gasteiger partial charge in [-0.05, 0) is 12.5 Å². The normalized spacial score (nSPS) is 10.8. The summed E-state index contributed by atoms with van der Waals surface area (Å²) in [6, 6.07) is 10.1. The van der Waals surface area contributed by atoms with E-state index in [0.717, 1.165) is 5.56 Å². The molecule has 2 heterocycles. The highest BCUT2D eigenvalue weighted by molar-refractivity contribution is 6.33. The van der Waals surface area contributed by atoms with E-state index >= 15 is 0 Å². The number of nitrogens with zero attached hydrogens (tertiary/aromatic N) is 4.